The molecule has 0 radical (unpaired) electrons. The summed E-state index contributed by atoms with van der Waals surface area (Å²) in [6.45, 7) is 1.30. The van der Waals surface area contributed by atoms with Crippen molar-refractivity contribution in [2.24, 2.45) is 0 Å². The molecule has 6 atom stereocenters. The molecule has 4 aromatic carbocycles. The average molecular weight is 599 g/mol. The number of ether oxygens (including phenoxy) is 5. The van der Waals surface area contributed by atoms with Crippen molar-refractivity contribution in [1.29, 1.82) is 0 Å². The molecule has 232 valence electrons. The maximum absolute atomic E-state index is 10.5. The summed E-state index contributed by atoms with van der Waals surface area (Å²) in [5, 5.41) is 20.3. The first-order valence-corrected chi connectivity index (χ1v) is 15.2. The molecular formula is C37H42O7. The lowest BCUT2D eigenvalue weighted by Crippen LogP contribution is -2.61. The second kappa shape index (κ2) is 17.2. The van der Waals surface area contributed by atoms with Crippen LogP contribution in [0.2, 0.25) is 0 Å². The summed E-state index contributed by atoms with van der Waals surface area (Å²) >= 11 is 0. The summed E-state index contributed by atoms with van der Waals surface area (Å²) in [6.07, 6.45) is -3.60. The van der Waals surface area contributed by atoms with Gasteiger partial charge in [0.2, 0.25) is 0 Å². The predicted octanol–water partition coefficient (Wildman–Crippen LogP) is 5.47. The maximum Gasteiger partial charge on any atom is 0.115 e. The molecule has 0 amide bonds. The summed E-state index contributed by atoms with van der Waals surface area (Å²) in [7, 11) is 0. The molecule has 0 bridgehead atoms. The Hall–Kier alpha value is -3.40. The van der Waals surface area contributed by atoms with Crippen molar-refractivity contribution >= 4 is 0 Å². The lowest BCUT2D eigenvalue weighted by atomic mass is 9.91. The van der Waals surface area contributed by atoms with Gasteiger partial charge in [-0.1, -0.05) is 121 Å². The van der Waals surface area contributed by atoms with Crippen LogP contribution in [-0.4, -0.2) is 60.1 Å². The minimum atomic E-state index is -0.981. The molecule has 0 spiro atoms. The van der Waals surface area contributed by atoms with Crippen LogP contribution in [0.3, 0.4) is 0 Å². The molecule has 1 fully saturated rings. The van der Waals surface area contributed by atoms with Gasteiger partial charge in [0.1, 0.15) is 24.4 Å². The Kier molecular flexibility index (Phi) is 12.5. The van der Waals surface area contributed by atoms with Crippen LogP contribution in [0.25, 0.3) is 0 Å². The van der Waals surface area contributed by atoms with Crippen LogP contribution in [-0.2, 0) is 50.1 Å². The normalized spacial score (nSPS) is 22.5. The fourth-order valence-corrected chi connectivity index (χ4v) is 5.42. The fraction of sp³-hybridized carbons (Fsp3) is 0.351. The Balaban J connectivity index is 1.43. The molecule has 1 saturated heterocycles. The summed E-state index contributed by atoms with van der Waals surface area (Å²) in [5.41, 5.74) is 4.10. The van der Waals surface area contributed by atoms with Gasteiger partial charge in [0.25, 0.3) is 0 Å². The SMILES string of the molecule is OC[C@H](O)C[C@H]1O[C@H](COCc2ccccc2)[C@@H](OCc2ccccc2)[C@H](OCc2ccccc2)[C@H]1OCc1ccccc1. The summed E-state index contributed by atoms with van der Waals surface area (Å²) in [5.74, 6) is 0. The van der Waals surface area contributed by atoms with Gasteiger partial charge in [0, 0.05) is 6.42 Å². The van der Waals surface area contributed by atoms with Gasteiger partial charge in [-0.15, -0.1) is 0 Å². The highest BCUT2D eigenvalue weighted by Crippen LogP contribution is 2.33. The zero-order valence-corrected chi connectivity index (χ0v) is 24.9. The number of aliphatic hydroxyl groups is 2. The van der Waals surface area contributed by atoms with Gasteiger partial charge in [0.15, 0.2) is 0 Å². The third-order valence-corrected chi connectivity index (χ3v) is 7.69. The minimum Gasteiger partial charge on any atom is -0.394 e. The highest BCUT2D eigenvalue weighted by Gasteiger charge is 2.48. The van der Waals surface area contributed by atoms with Gasteiger partial charge in [-0.2, -0.15) is 0 Å². The molecule has 5 rings (SSSR count). The van der Waals surface area contributed by atoms with Gasteiger partial charge in [-0.3, -0.25) is 0 Å². The Bertz CT molecular complexity index is 1320. The summed E-state index contributed by atoms with van der Waals surface area (Å²) < 4.78 is 32.7. The second-order valence-corrected chi connectivity index (χ2v) is 11.1. The van der Waals surface area contributed by atoms with Crippen molar-refractivity contribution in [2.75, 3.05) is 13.2 Å². The van der Waals surface area contributed by atoms with Crippen LogP contribution in [0.1, 0.15) is 28.7 Å². The first-order valence-electron chi connectivity index (χ1n) is 15.2. The van der Waals surface area contributed by atoms with E-state index in [1.807, 2.05) is 121 Å². The molecule has 1 aliphatic rings. The number of hydrogen-bond donors (Lipinski definition) is 2. The molecule has 1 aliphatic heterocycles. The quantitative estimate of drug-likeness (QED) is 0.177. The Morgan fingerprint density at radius 1 is 0.523 bits per heavy atom. The molecule has 1 heterocycles. The Morgan fingerprint density at radius 3 is 1.34 bits per heavy atom. The zero-order valence-electron chi connectivity index (χ0n) is 24.9. The summed E-state index contributed by atoms with van der Waals surface area (Å²) in [4.78, 5) is 0. The van der Waals surface area contributed by atoms with Crippen molar-refractivity contribution < 1.29 is 33.9 Å². The third-order valence-electron chi connectivity index (χ3n) is 7.69. The van der Waals surface area contributed by atoms with E-state index in [9.17, 15) is 10.2 Å². The van der Waals surface area contributed by atoms with Gasteiger partial charge < -0.3 is 33.9 Å². The molecule has 2 N–H and O–H groups in total. The van der Waals surface area contributed by atoms with E-state index >= 15 is 0 Å². The number of aliphatic hydroxyl groups excluding tert-OH is 2. The van der Waals surface area contributed by atoms with E-state index in [0.29, 0.717) is 26.4 Å². The number of benzene rings is 4. The molecule has 0 unspecified atom stereocenters. The highest BCUT2D eigenvalue weighted by atomic mass is 16.6. The van der Waals surface area contributed by atoms with Crippen LogP contribution in [0.5, 0.6) is 0 Å². The molecule has 4 aromatic rings. The first kappa shape index (κ1) is 32.0. The molecule has 0 aliphatic carbocycles. The summed E-state index contributed by atoms with van der Waals surface area (Å²) in [6, 6.07) is 39.9. The van der Waals surface area contributed by atoms with Crippen molar-refractivity contribution in [3.05, 3.63) is 144 Å². The van der Waals surface area contributed by atoms with Crippen molar-refractivity contribution in [1.82, 2.24) is 0 Å². The van der Waals surface area contributed by atoms with E-state index in [1.54, 1.807) is 0 Å². The van der Waals surface area contributed by atoms with Crippen LogP contribution < -0.4 is 0 Å². The first-order chi connectivity index (χ1) is 21.7. The van der Waals surface area contributed by atoms with Crippen LogP contribution in [0, 0.1) is 0 Å². The topological polar surface area (TPSA) is 86.6 Å². The van der Waals surface area contributed by atoms with Crippen LogP contribution in [0.15, 0.2) is 121 Å². The number of rotatable bonds is 16. The maximum atomic E-state index is 10.5. The van der Waals surface area contributed by atoms with Crippen molar-refractivity contribution in [3.63, 3.8) is 0 Å². The lowest BCUT2D eigenvalue weighted by molar-refractivity contribution is -0.276. The molecular weight excluding hydrogens is 556 g/mol. The Morgan fingerprint density at radius 2 is 0.909 bits per heavy atom. The van der Waals surface area contributed by atoms with E-state index in [-0.39, 0.29) is 19.6 Å². The standard InChI is InChI=1S/C37H42O7/c38-22-32(39)21-33-35(41-24-29-15-7-2-8-16-29)37(43-26-31-19-11-4-12-20-31)36(42-25-30-17-9-3-10-18-30)34(44-33)27-40-23-28-13-5-1-6-14-28/h1-20,32-39H,21-27H2/t32-,33-,34-,35+,36-,37-/m1/s1. The molecule has 7 heteroatoms. The van der Waals surface area contributed by atoms with E-state index in [1.165, 1.54) is 0 Å². The van der Waals surface area contributed by atoms with Crippen LogP contribution >= 0.6 is 0 Å². The average Bonchev–Trinajstić information content (AvgIpc) is 3.08. The Labute approximate surface area is 259 Å². The lowest BCUT2D eigenvalue weighted by Gasteiger charge is -2.46. The van der Waals surface area contributed by atoms with E-state index in [0.717, 1.165) is 22.3 Å². The molecule has 0 saturated carbocycles. The van der Waals surface area contributed by atoms with Crippen LogP contribution in [0.4, 0.5) is 0 Å². The molecule has 0 aromatic heterocycles. The van der Waals surface area contributed by atoms with Crippen molar-refractivity contribution in [3.8, 4) is 0 Å². The van der Waals surface area contributed by atoms with E-state index < -0.39 is 36.6 Å². The fourth-order valence-electron chi connectivity index (χ4n) is 5.42. The van der Waals surface area contributed by atoms with Crippen molar-refractivity contribution in [2.45, 2.75) is 69.5 Å². The third kappa shape index (κ3) is 9.55. The highest BCUT2D eigenvalue weighted by molar-refractivity contribution is 5.16. The van der Waals surface area contributed by atoms with E-state index in [2.05, 4.69) is 0 Å². The van der Waals surface area contributed by atoms with Gasteiger partial charge in [0.05, 0.1) is 51.8 Å². The smallest absolute Gasteiger partial charge is 0.115 e. The van der Waals surface area contributed by atoms with Gasteiger partial charge in [-0.25, -0.2) is 0 Å². The predicted molar refractivity (Wildman–Crippen MR) is 168 cm³/mol. The zero-order chi connectivity index (χ0) is 30.4. The minimum absolute atomic E-state index is 0.168. The monoisotopic (exact) mass is 598 g/mol. The molecule has 44 heavy (non-hydrogen) atoms. The molecule has 7 nitrogen and oxygen atoms in total. The van der Waals surface area contributed by atoms with E-state index in [4.69, 9.17) is 23.7 Å². The van der Waals surface area contributed by atoms with Gasteiger partial charge in [-0.05, 0) is 22.3 Å². The second-order valence-electron chi connectivity index (χ2n) is 11.1. The number of hydrogen-bond acceptors (Lipinski definition) is 7. The largest absolute Gasteiger partial charge is 0.394 e. The van der Waals surface area contributed by atoms with Gasteiger partial charge >= 0.3 is 0 Å².